The first-order valence-electron chi connectivity index (χ1n) is 4.65. The summed E-state index contributed by atoms with van der Waals surface area (Å²) < 4.78 is 10.6. The Balaban J connectivity index is 3.08. The number of hydrogen-bond acceptors (Lipinski definition) is 2. The molecule has 0 saturated carbocycles. The van der Waals surface area contributed by atoms with Crippen LogP contribution in [0.4, 0.5) is 0 Å². The van der Waals surface area contributed by atoms with E-state index < -0.39 is 0 Å². The van der Waals surface area contributed by atoms with Gasteiger partial charge in [-0.3, -0.25) is 0 Å². The van der Waals surface area contributed by atoms with Gasteiger partial charge >= 0.3 is 0 Å². The molecule has 76 valence electrons. The molecule has 0 bridgehead atoms. The second-order valence-electron chi connectivity index (χ2n) is 3.06. The van der Waals surface area contributed by atoms with Gasteiger partial charge in [-0.1, -0.05) is 18.2 Å². The molecule has 0 amide bonds. The maximum atomic E-state index is 5.47. The van der Waals surface area contributed by atoms with Crippen LogP contribution in [0.3, 0.4) is 0 Å². The summed E-state index contributed by atoms with van der Waals surface area (Å²) in [6.45, 7) is 8.46. The topological polar surface area (TPSA) is 18.5 Å². The molecule has 0 N–H and O–H groups in total. The van der Waals surface area contributed by atoms with Crippen LogP contribution in [0.2, 0.25) is 0 Å². The average Bonchev–Trinajstić information content (AvgIpc) is 2.20. The van der Waals surface area contributed by atoms with Crippen LogP contribution in [0.5, 0.6) is 5.75 Å². The minimum Gasteiger partial charge on any atom is -0.497 e. The molecule has 1 aromatic rings. The van der Waals surface area contributed by atoms with Gasteiger partial charge in [0.05, 0.1) is 19.3 Å². The predicted molar refractivity (Wildman–Crippen MR) is 58.4 cm³/mol. The highest BCUT2D eigenvalue weighted by molar-refractivity contribution is 5.64. The Bertz CT molecular complexity index is 329. The first kappa shape index (κ1) is 10.6. The highest BCUT2D eigenvalue weighted by atomic mass is 16.5. The zero-order valence-corrected chi connectivity index (χ0v) is 8.96. The molecular weight excluding hydrogens is 176 g/mol. The predicted octanol–water partition coefficient (Wildman–Crippen LogP) is 3.01. The molecule has 1 rings (SSSR count). The fourth-order valence-electron chi connectivity index (χ4n) is 1.25. The summed E-state index contributed by atoms with van der Waals surface area (Å²) in [5, 5.41) is 0. The van der Waals surface area contributed by atoms with Crippen LogP contribution < -0.4 is 4.74 Å². The van der Waals surface area contributed by atoms with Gasteiger partial charge in [0.25, 0.3) is 0 Å². The highest BCUT2D eigenvalue weighted by Crippen LogP contribution is 2.26. The quantitative estimate of drug-likeness (QED) is 0.683. The van der Waals surface area contributed by atoms with Crippen LogP contribution in [0, 0.1) is 6.92 Å². The zero-order chi connectivity index (χ0) is 10.6. The summed E-state index contributed by atoms with van der Waals surface area (Å²) in [5.41, 5.74) is 2.09. The van der Waals surface area contributed by atoms with Gasteiger partial charge in [-0.05, 0) is 26.0 Å². The van der Waals surface area contributed by atoms with E-state index in [1.54, 1.807) is 7.11 Å². The Labute approximate surface area is 85.2 Å². The van der Waals surface area contributed by atoms with Gasteiger partial charge in [-0.15, -0.1) is 0 Å². The molecule has 0 aliphatic heterocycles. The summed E-state index contributed by atoms with van der Waals surface area (Å²) in [6, 6.07) is 5.96. The molecule has 2 heteroatoms. The van der Waals surface area contributed by atoms with Crippen molar-refractivity contribution in [1.82, 2.24) is 0 Å². The van der Waals surface area contributed by atoms with Crippen LogP contribution in [0.1, 0.15) is 18.1 Å². The number of benzene rings is 1. The molecule has 14 heavy (non-hydrogen) atoms. The van der Waals surface area contributed by atoms with E-state index >= 15 is 0 Å². The lowest BCUT2D eigenvalue weighted by atomic mass is 10.1. The molecule has 1 aromatic carbocycles. The van der Waals surface area contributed by atoms with Gasteiger partial charge in [0.1, 0.15) is 11.5 Å². The third-order valence-corrected chi connectivity index (χ3v) is 1.98. The molecule has 0 spiro atoms. The maximum Gasteiger partial charge on any atom is 0.130 e. The average molecular weight is 192 g/mol. The fourth-order valence-corrected chi connectivity index (χ4v) is 1.25. The van der Waals surface area contributed by atoms with Crippen molar-refractivity contribution in [2.24, 2.45) is 0 Å². The molecular formula is C12H16O2. The minimum atomic E-state index is 0.636. The summed E-state index contributed by atoms with van der Waals surface area (Å²) in [5.74, 6) is 1.46. The van der Waals surface area contributed by atoms with Crippen molar-refractivity contribution in [3.8, 4) is 5.75 Å². The van der Waals surface area contributed by atoms with E-state index in [4.69, 9.17) is 9.47 Å². The lowest BCUT2D eigenvalue weighted by Crippen LogP contribution is -1.97. The van der Waals surface area contributed by atoms with Crippen molar-refractivity contribution in [2.45, 2.75) is 13.8 Å². The van der Waals surface area contributed by atoms with Gasteiger partial charge in [0.2, 0.25) is 0 Å². The fraction of sp³-hybridized carbons (Fsp3) is 0.333. The van der Waals surface area contributed by atoms with Crippen molar-refractivity contribution >= 4 is 5.76 Å². The Hall–Kier alpha value is -1.44. The zero-order valence-electron chi connectivity index (χ0n) is 8.96. The van der Waals surface area contributed by atoms with Crippen LogP contribution in [-0.2, 0) is 4.74 Å². The standard InChI is InChI=1S/C12H16O2/c1-5-14-12-7-6-9(2)8-11(12)10(3)13-4/h6-8H,3,5H2,1-2,4H3. The van der Waals surface area contributed by atoms with Gasteiger partial charge in [0.15, 0.2) is 0 Å². The Morgan fingerprint density at radius 3 is 2.71 bits per heavy atom. The van der Waals surface area contributed by atoms with Gasteiger partial charge in [0, 0.05) is 0 Å². The van der Waals surface area contributed by atoms with E-state index in [1.807, 2.05) is 32.0 Å². The van der Waals surface area contributed by atoms with Crippen molar-refractivity contribution < 1.29 is 9.47 Å². The third kappa shape index (κ3) is 2.28. The monoisotopic (exact) mass is 192 g/mol. The number of hydrogen-bond donors (Lipinski definition) is 0. The number of rotatable bonds is 4. The van der Waals surface area contributed by atoms with E-state index in [-0.39, 0.29) is 0 Å². The summed E-state index contributed by atoms with van der Waals surface area (Å²) in [7, 11) is 1.61. The van der Waals surface area contributed by atoms with Crippen LogP contribution in [0.25, 0.3) is 5.76 Å². The number of methoxy groups -OCH3 is 1. The van der Waals surface area contributed by atoms with Gasteiger partial charge < -0.3 is 9.47 Å². The lowest BCUT2D eigenvalue weighted by molar-refractivity contribution is 0.330. The highest BCUT2D eigenvalue weighted by Gasteiger charge is 2.07. The number of ether oxygens (including phenoxy) is 2. The van der Waals surface area contributed by atoms with E-state index in [0.717, 1.165) is 11.3 Å². The molecule has 0 aromatic heterocycles. The molecule has 0 unspecified atom stereocenters. The Morgan fingerprint density at radius 1 is 1.43 bits per heavy atom. The smallest absolute Gasteiger partial charge is 0.130 e. The maximum absolute atomic E-state index is 5.47. The minimum absolute atomic E-state index is 0.636. The van der Waals surface area contributed by atoms with E-state index in [2.05, 4.69) is 6.58 Å². The normalized spacial score (nSPS) is 9.64. The SMILES string of the molecule is C=C(OC)c1cc(C)ccc1OCC. The molecule has 0 radical (unpaired) electrons. The largest absolute Gasteiger partial charge is 0.497 e. The van der Waals surface area contributed by atoms with Crippen molar-refractivity contribution in [3.63, 3.8) is 0 Å². The van der Waals surface area contributed by atoms with Crippen LogP contribution in [0.15, 0.2) is 24.8 Å². The van der Waals surface area contributed by atoms with Crippen LogP contribution in [-0.4, -0.2) is 13.7 Å². The second kappa shape index (κ2) is 4.70. The third-order valence-electron chi connectivity index (χ3n) is 1.98. The van der Waals surface area contributed by atoms with Crippen molar-refractivity contribution in [1.29, 1.82) is 0 Å². The molecule has 0 fully saturated rings. The van der Waals surface area contributed by atoms with Gasteiger partial charge in [-0.2, -0.15) is 0 Å². The molecule has 0 heterocycles. The summed E-state index contributed by atoms with van der Waals surface area (Å²) >= 11 is 0. The van der Waals surface area contributed by atoms with Gasteiger partial charge in [-0.25, -0.2) is 0 Å². The molecule has 0 aliphatic carbocycles. The van der Waals surface area contributed by atoms with E-state index in [1.165, 1.54) is 5.56 Å². The number of aryl methyl sites for hydroxylation is 1. The van der Waals surface area contributed by atoms with Crippen LogP contribution >= 0.6 is 0 Å². The first-order chi connectivity index (χ1) is 6.69. The molecule has 2 nitrogen and oxygen atoms in total. The second-order valence-corrected chi connectivity index (χ2v) is 3.06. The Kier molecular flexibility index (Phi) is 3.57. The van der Waals surface area contributed by atoms with Crippen molar-refractivity contribution in [2.75, 3.05) is 13.7 Å². The molecule has 0 saturated heterocycles. The van der Waals surface area contributed by atoms with Crippen molar-refractivity contribution in [3.05, 3.63) is 35.9 Å². The first-order valence-corrected chi connectivity index (χ1v) is 4.65. The molecule has 0 atom stereocenters. The molecule has 0 aliphatic rings. The summed E-state index contributed by atoms with van der Waals surface area (Å²) in [6.07, 6.45) is 0. The Morgan fingerprint density at radius 2 is 2.14 bits per heavy atom. The summed E-state index contributed by atoms with van der Waals surface area (Å²) in [4.78, 5) is 0. The lowest BCUT2D eigenvalue weighted by Gasteiger charge is -2.12. The van der Waals surface area contributed by atoms with E-state index in [9.17, 15) is 0 Å². The van der Waals surface area contributed by atoms with E-state index in [0.29, 0.717) is 12.4 Å².